The standard InChI is InChI=1S/C7H10N4O3/c12-11(13)6-5-8-9-7(6)10-1-3-14-4-2-10/h5H,1-4H2,(H,8,9). The number of anilines is 1. The molecule has 0 atom stereocenters. The summed E-state index contributed by atoms with van der Waals surface area (Å²) in [7, 11) is 0. The predicted molar refractivity (Wildman–Crippen MR) is 48.3 cm³/mol. The molecule has 1 aromatic rings. The first-order chi connectivity index (χ1) is 6.79. The number of morpholine rings is 1. The van der Waals surface area contributed by atoms with Gasteiger partial charge in [-0.25, -0.2) is 0 Å². The fourth-order valence-corrected chi connectivity index (χ4v) is 1.43. The summed E-state index contributed by atoms with van der Waals surface area (Å²) in [5.74, 6) is 0.471. The van der Waals surface area contributed by atoms with Gasteiger partial charge in [0.2, 0.25) is 5.82 Å². The summed E-state index contributed by atoms with van der Waals surface area (Å²) < 4.78 is 5.15. The average molecular weight is 198 g/mol. The molecule has 0 radical (unpaired) electrons. The minimum Gasteiger partial charge on any atom is -0.378 e. The molecule has 2 heterocycles. The first-order valence-corrected chi connectivity index (χ1v) is 4.29. The van der Waals surface area contributed by atoms with Crippen LogP contribution >= 0.6 is 0 Å². The van der Waals surface area contributed by atoms with Gasteiger partial charge < -0.3 is 9.64 Å². The number of ether oxygens (including phenoxy) is 1. The largest absolute Gasteiger partial charge is 0.378 e. The lowest BCUT2D eigenvalue weighted by molar-refractivity contribution is -0.384. The molecule has 7 heteroatoms. The molecule has 1 saturated heterocycles. The van der Waals surface area contributed by atoms with Crippen LogP contribution in [0.15, 0.2) is 6.20 Å². The van der Waals surface area contributed by atoms with E-state index >= 15 is 0 Å². The summed E-state index contributed by atoms with van der Waals surface area (Å²) in [6, 6.07) is 0. The number of H-pyrrole nitrogens is 1. The topological polar surface area (TPSA) is 84.3 Å². The van der Waals surface area contributed by atoms with Crippen molar-refractivity contribution >= 4 is 11.5 Å². The van der Waals surface area contributed by atoms with Gasteiger partial charge in [0.25, 0.3) is 0 Å². The molecule has 0 amide bonds. The number of rotatable bonds is 2. The van der Waals surface area contributed by atoms with Gasteiger partial charge in [-0.05, 0) is 0 Å². The fraction of sp³-hybridized carbons (Fsp3) is 0.571. The van der Waals surface area contributed by atoms with Crippen LogP contribution in [0.1, 0.15) is 0 Å². The van der Waals surface area contributed by atoms with Crippen LogP contribution in [0.4, 0.5) is 11.5 Å². The van der Waals surface area contributed by atoms with Gasteiger partial charge in [0.05, 0.1) is 18.1 Å². The van der Waals surface area contributed by atoms with Gasteiger partial charge in [0.15, 0.2) is 0 Å². The van der Waals surface area contributed by atoms with Crippen molar-refractivity contribution in [3.05, 3.63) is 16.3 Å². The molecule has 0 spiro atoms. The Balaban J connectivity index is 2.21. The Kier molecular flexibility index (Phi) is 2.32. The summed E-state index contributed by atoms with van der Waals surface area (Å²) in [6.45, 7) is 2.50. The third kappa shape index (κ3) is 1.53. The molecule has 2 rings (SSSR count). The smallest absolute Gasteiger partial charge is 0.330 e. The van der Waals surface area contributed by atoms with Crippen molar-refractivity contribution in [3.63, 3.8) is 0 Å². The van der Waals surface area contributed by atoms with Crippen LogP contribution in [0, 0.1) is 10.1 Å². The number of hydrogen-bond donors (Lipinski definition) is 1. The summed E-state index contributed by atoms with van der Waals surface area (Å²) in [4.78, 5) is 12.0. The van der Waals surface area contributed by atoms with E-state index in [9.17, 15) is 10.1 Å². The first kappa shape index (κ1) is 8.95. The van der Waals surface area contributed by atoms with E-state index in [2.05, 4.69) is 10.2 Å². The van der Waals surface area contributed by atoms with E-state index in [0.29, 0.717) is 32.1 Å². The summed E-state index contributed by atoms with van der Waals surface area (Å²) in [6.07, 6.45) is 1.23. The molecule has 7 nitrogen and oxygen atoms in total. The molecule has 14 heavy (non-hydrogen) atoms. The molecule has 1 aromatic heterocycles. The highest BCUT2D eigenvalue weighted by Crippen LogP contribution is 2.24. The quantitative estimate of drug-likeness (QED) is 0.540. The average Bonchev–Trinajstić information content (AvgIpc) is 2.67. The van der Waals surface area contributed by atoms with Crippen LogP contribution in [0.2, 0.25) is 0 Å². The maximum atomic E-state index is 10.6. The number of nitrogens with zero attached hydrogens (tertiary/aromatic N) is 3. The summed E-state index contributed by atoms with van der Waals surface area (Å²) in [5, 5.41) is 16.9. The van der Waals surface area contributed by atoms with E-state index in [1.165, 1.54) is 6.20 Å². The Morgan fingerprint density at radius 2 is 2.29 bits per heavy atom. The maximum absolute atomic E-state index is 10.6. The molecule has 1 aliphatic rings. The lowest BCUT2D eigenvalue weighted by Gasteiger charge is -2.26. The first-order valence-electron chi connectivity index (χ1n) is 4.29. The lowest BCUT2D eigenvalue weighted by Crippen LogP contribution is -2.36. The fourth-order valence-electron chi connectivity index (χ4n) is 1.43. The third-order valence-corrected chi connectivity index (χ3v) is 2.12. The van der Waals surface area contributed by atoms with Crippen LogP contribution in [0.5, 0.6) is 0 Å². The number of aromatic nitrogens is 2. The minimum atomic E-state index is -0.436. The number of nitrogens with one attached hydrogen (secondary N) is 1. The van der Waals surface area contributed by atoms with Crippen LogP contribution < -0.4 is 4.90 Å². The minimum absolute atomic E-state index is 0.0203. The van der Waals surface area contributed by atoms with Crippen molar-refractivity contribution < 1.29 is 9.66 Å². The van der Waals surface area contributed by atoms with Gasteiger partial charge in [-0.2, -0.15) is 5.10 Å². The van der Waals surface area contributed by atoms with Gasteiger partial charge in [-0.15, -0.1) is 0 Å². The van der Waals surface area contributed by atoms with Crippen molar-refractivity contribution in [1.29, 1.82) is 0 Å². The zero-order valence-electron chi connectivity index (χ0n) is 7.47. The Labute approximate surface area is 79.8 Å². The van der Waals surface area contributed by atoms with Crippen LogP contribution in [-0.2, 0) is 4.74 Å². The molecule has 1 N–H and O–H groups in total. The Morgan fingerprint density at radius 3 is 2.93 bits per heavy atom. The SMILES string of the molecule is O=[N+]([O-])c1cn[nH]c1N1CCOCC1. The van der Waals surface area contributed by atoms with Crippen molar-refractivity contribution in [2.75, 3.05) is 31.2 Å². The predicted octanol–water partition coefficient (Wildman–Crippen LogP) is 0.154. The molecule has 0 aromatic carbocycles. The molecule has 0 aliphatic carbocycles. The second kappa shape index (κ2) is 3.62. The molecule has 0 bridgehead atoms. The number of hydrogen-bond acceptors (Lipinski definition) is 5. The second-order valence-electron chi connectivity index (χ2n) is 2.96. The molecule has 1 aliphatic heterocycles. The van der Waals surface area contributed by atoms with E-state index < -0.39 is 4.92 Å². The van der Waals surface area contributed by atoms with E-state index in [1.807, 2.05) is 4.90 Å². The van der Waals surface area contributed by atoms with Crippen molar-refractivity contribution in [1.82, 2.24) is 10.2 Å². The van der Waals surface area contributed by atoms with Crippen LogP contribution in [0.25, 0.3) is 0 Å². The molecule has 1 fully saturated rings. The van der Waals surface area contributed by atoms with E-state index in [-0.39, 0.29) is 5.69 Å². The molecule has 0 saturated carbocycles. The molecule has 0 unspecified atom stereocenters. The summed E-state index contributed by atoms with van der Waals surface area (Å²) >= 11 is 0. The zero-order chi connectivity index (χ0) is 9.97. The summed E-state index contributed by atoms with van der Waals surface area (Å²) in [5.41, 5.74) is 0.0203. The second-order valence-corrected chi connectivity index (χ2v) is 2.96. The van der Waals surface area contributed by atoms with Crippen molar-refractivity contribution in [3.8, 4) is 0 Å². The third-order valence-electron chi connectivity index (χ3n) is 2.12. The van der Waals surface area contributed by atoms with Gasteiger partial charge in [-0.1, -0.05) is 0 Å². The zero-order valence-corrected chi connectivity index (χ0v) is 7.47. The van der Waals surface area contributed by atoms with Gasteiger partial charge >= 0.3 is 5.69 Å². The van der Waals surface area contributed by atoms with E-state index in [1.54, 1.807) is 0 Å². The normalized spacial score (nSPS) is 17.0. The lowest BCUT2D eigenvalue weighted by atomic mass is 10.4. The molecular weight excluding hydrogens is 188 g/mol. The monoisotopic (exact) mass is 198 g/mol. The molecular formula is C7H10N4O3. The Hall–Kier alpha value is -1.63. The van der Waals surface area contributed by atoms with E-state index in [0.717, 1.165) is 0 Å². The van der Waals surface area contributed by atoms with Gasteiger partial charge in [0.1, 0.15) is 6.20 Å². The maximum Gasteiger partial charge on any atom is 0.330 e. The van der Waals surface area contributed by atoms with Crippen LogP contribution in [0.3, 0.4) is 0 Å². The highest BCUT2D eigenvalue weighted by atomic mass is 16.6. The number of nitro groups is 1. The van der Waals surface area contributed by atoms with Gasteiger partial charge in [0, 0.05) is 13.1 Å². The van der Waals surface area contributed by atoms with E-state index in [4.69, 9.17) is 4.74 Å². The highest BCUT2D eigenvalue weighted by molar-refractivity contribution is 5.56. The molecule has 76 valence electrons. The van der Waals surface area contributed by atoms with Gasteiger partial charge in [-0.3, -0.25) is 15.2 Å². The Bertz CT molecular complexity index is 331. The Morgan fingerprint density at radius 1 is 1.57 bits per heavy atom. The number of aromatic amines is 1. The van der Waals surface area contributed by atoms with Crippen molar-refractivity contribution in [2.45, 2.75) is 0 Å². The highest BCUT2D eigenvalue weighted by Gasteiger charge is 2.23. The van der Waals surface area contributed by atoms with Crippen molar-refractivity contribution in [2.24, 2.45) is 0 Å². The van der Waals surface area contributed by atoms with Crippen LogP contribution in [-0.4, -0.2) is 41.4 Å².